The fraction of sp³-hybridized carbons (Fsp3) is 0.185. The Morgan fingerprint density at radius 2 is 1.07 bits per heavy atom. The number of ether oxygens (including phenoxy) is 3. The molecule has 2 aliphatic rings. The molecule has 13 nitrogen and oxygen atoms in total. The number of carbonyl (C=O) groups is 5. The second-order valence-corrected chi connectivity index (χ2v) is 36.0. The summed E-state index contributed by atoms with van der Waals surface area (Å²) < 4.78 is 17.6. The van der Waals surface area contributed by atoms with Gasteiger partial charge in [-0.2, -0.15) is 54.9 Å². The van der Waals surface area contributed by atoms with Gasteiger partial charge in [0, 0.05) is 50.6 Å². The first-order valence-electron chi connectivity index (χ1n) is 22.3. The standard InChI is InChI=1S/C15H16O2S2.C12H8O4S2.C12H4O2S2.C7H8O3.C4H3S.CO2.3CH3.Sn/c1-3-13(11-5-7-18-9-11)14(15(16)17-4-2)12-6-8-19-10-12;13-7-16-11(9-2-4-18-6-9)10(12(14)15)8-1-3-17-5-8;13-9-7-5-1-3-15-11(5)10(14)8(7)6-2-4-16-12(6)9;1-3-10-7(9)5-4-6(2)8;1-2-4-5-3-1;2-1-3;;;;/h5-10H,3-4H2,1-2H3;1-7H,(H,14,15);1-4H;3H2,1-2H3;1,3-4H;;3*1H3;/b14-13-;11-10+;;;;;;;;. The molecule has 21 heteroatoms. The average Bonchev–Trinajstić information content (AvgIpc) is 4.22. The number of carboxylic acids is 1. The van der Waals surface area contributed by atoms with Crippen LogP contribution in [0, 0.1) is 22.3 Å². The Morgan fingerprint density at radius 1 is 0.613 bits per heavy atom. The average molecular weight is 1250 g/mol. The number of allylic oxidation sites excluding steroid dienone is 1. The van der Waals surface area contributed by atoms with Crippen LogP contribution in [0.4, 0.5) is 0 Å². The summed E-state index contributed by atoms with van der Waals surface area (Å²) in [4.78, 5) is 103. The zero-order chi connectivity index (χ0) is 55.1. The van der Waals surface area contributed by atoms with Crippen LogP contribution in [-0.4, -0.2) is 73.0 Å². The molecule has 388 valence electrons. The van der Waals surface area contributed by atoms with Crippen molar-refractivity contribution >= 4 is 180 Å². The number of Topliss-reactive ketones (excluding diaryl/α,β-unsaturated/α-hetero) is 1. The summed E-state index contributed by atoms with van der Waals surface area (Å²) in [5.74, 6) is 1.80. The van der Waals surface area contributed by atoms with Crippen LogP contribution >= 0.6 is 79.4 Å². The van der Waals surface area contributed by atoms with E-state index in [9.17, 15) is 38.7 Å². The third-order valence-corrected chi connectivity index (χ3v) is 21.7. The van der Waals surface area contributed by atoms with Gasteiger partial charge in [0.15, 0.2) is 5.76 Å². The zero-order valence-electron chi connectivity index (χ0n) is 41.4. The summed E-state index contributed by atoms with van der Waals surface area (Å²) >= 11 is 9.02. The van der Waals surface area contributed by atoms with E-state index in [0.29, 0.717) is 33.7 Å². The second kappa shape index (κ2) is 31.0. The molecule has 7 heterocycles. The number of hydrogen-bond donors (Lipinski definition) is 1. The van der Waals surface area contributed by atoms with Gasteiger partial charge in [0.2, 0.25) is 16.6 Å². The van der Waals surface area contributed by atoms with Gasteiger partial charge in [-0.05, 0) is 128 Å². The first-order valence-corrected chi connectivity index (χ1v) is 38.7. The van der Waals surface area contributed by atoms with Crippen LogP contribution in [-0.2, 0) is 47.8 Å². The first kappa shape index (κ1) is 61.3. The fourth-order valence-electron chi connectivity index (χ4n) is 6.79. The molecule has 0 fully saturated rings. The van der Waals surface area contributed by atoms with E-state index in [1.165, 1.54) is 52.3 Å². The van der Waals surface area contributed by atoms with Crippen molar-refractivity contribution in [2.24, 2.45) is 0 Å². The van der Waals surface area contributed by atoms with Crippen LogP contribution in [0.3, 0.4) is 0 Å². The van der Waals surface area contributed by atoms with Crippen LogP contribution in [0.25, 0.3) is 42.7 Å². The molecule has 0 aromatic carbocycles. The van der Waals surface area contributed by atoms with Gasteiger partial charge in [-0.3, -0.25) is 19.2 Å². The van der Waals surface area contributed by atoms with Crippen LogP contribution < -0.4 is 14.4 Å². The molecule has 7 aromatic rings. The summed E-state index contributed by atoms with van der Waals surface area (Å²) in [5.41, 5.74) is 4.94. The van der Waals surface area contributed by atoms with Gasteiger partial charge in [-0.15, -0.1) is 22.7 Å². The molecule has 0 atom stereocenters. The SMILES string of the molecule is CCOC(=O)/C(=C(/CC)c1ccsc1)c1ccsc1.CCOC(=O)C#CC(C)=O.O=C=O.O=CO/C(=C(/C(=O)O)c1ccsc1)c1ccsc1.O=c1c2c3ccsc3c(=O)c=2c2ccsc12.[CH3][Sn]([CH3])([CH3])[c]1ccsc1. The molecule has 9 rings (SSSR count). The fourth-order valence-corrected chi connectivity index (χ4v) is 17.6. The molecular weight excluding hydrogens is 1200 g/mol. The maximum absolute atomic E-state index is 12.3. The van der Waals surface area contributed by atoms with E-state index in [2.05, 4.69) is 60.7 Å². The van der Waals surface area contributed by atoms with Gasteiger partial charge in [0.25, 0.3) is 6.47 Å². The van der Waals surface area contributed by atoms with Crippen LogP contribution in [0.2, 0.25) is 14.8 Å². The van der Waals surface area contributed by atoms with Gasteiger partial charge >= 0.3 is 89.0 Å². The van der Waals surface area contributed by atoms with Crippen LogP contribution in [0.15, 0.2) is 117 Å². The van der Waals surface area contributed by atoms with Crippen molar-refractivity contribution in [1.82, 2.24) is 0 Å². The molecule has 0 saturated carbocycles. The summed E-state index contributed by atoms with van der Waals surface area (Å²) in [5, 5.41) is 35.5. The Kier molecular flexibility index (Phi) is 25.3. The van der Waals surface area contributed by atoms with E-state index in [0.717, 1.165) is 43.3 Å². The molecular formula is C54H48O13S7Sn. The van der Waals surface area contributed by atoms with Gasteiger partial charge in [0.1, 0.15) is 5.57 Å². The molecule has 0 spiro atoms. The molecule has 7 aromatic heterocycles. The van der Waals surface area contributed by atoms with Crippen molar-refractivity contribution in [2.45, 2.75) is 48.9 Å². The van der Waals surface area contributed by atoms with E-state index >= 15 is 0 Å². The number of thiophene rings is 7. The van der Waals surface area contributed by atoms with E-state index in [1.807, 2.05) is 69.3 Å². The minimum absolute atomic E-state index is 0.0123. The number of ketones is 1. The van der Waals surface area contributed by atoms with Gasteiger partial charge in [-0.1, -0.05) is 6.92 Å². The van der Waals surface area contributed by atoms with Crippen LogP contribution in [0.1, 0.15) is 56.4 Å². The third-order valence-electron chi connectivity index (χ3n) is 10.0. The van der Waals surface area contributed by atoms with Gasteiger partial charge in [0.05, 0.1) is 28.2 Å². The molecule has 0 radical (unpaired) electrons. The second-order valence-electron chi connectivity index (χ2n) is 15.8. The predicted octanol–water partition coefficient (Wildman–Crippen LogP) is 11.9. The zero-order valence-corrected chi connectivity index (χ0v) is 49.9. The molecule has 0 saturated heterocycles. The quantitative estimate of drug-likeness (QED) is 0.0139. The number of carboxylic acid groups (broad SMARTS) is 1. The summed E-state index contributed by atoms with van der Waals surface area (Å²) in [6, 6.07) is 13.4. The van der Waals surface area contributed by atoms with Crippen molar-refractivity contribution in [2.75, 3.05) is 13.2 Å². The maximum atomic E-state index is 12.3. The summed E-state index contributed by atoms with van der Waals surface area (Å²) in [6.07, 6.45) is 1.06. The number of aliphatic carboxylic acids is 1. The van der Waals surface area contributed by atoms with Gasteiger partial charge < -0.3 is 19.3 Å². The van der Waals surface area contributed by atoms with Crippen molar-refractivity contribution in [3.63, 3.8) is 0 Å². The van der Waals surface area contributed by atoms with Crippen molar-refractivity contribution in [3.8, 4) is 11.8 Å². The number of carbonyl (C=O) groups excluding carboxylic acids is 6. The summed E-state index contributed by atoms with van der Waals surface area (Å²) in [7, 11) is 0. The number of fused-ring (bicyclic) bond motifs is 4. The number of rotatable bonds is 12. The topological polar surface area (TPSA) is 202 Å². The Labute approximate surface area is 463 Å². The number of hydrogen-bond acceptors (Lipinski definition) is 19. The Morgan fingerprint density at radius 3 is 1.44 bits per heavy atom. The Hall–Kier alpha value is -6.25. The predicted molar refractivity (Wildman–Crippen MR) is 307 cm³/mol. The van der Waals surface area contributed by atoms with Gasteiger partial charge in [-0.25, -0.2) is 14.4 Å². The number of esters is 2. The molecule has 0 aliphatic heterocycles. The molecule has 1 N–H and O–H groups in total. The Bertz CT molecular complexity index is 3500. The van der Waals surface area contributed by atoms with E-state index in [4.69, 9.17) is 19.1 Å². The van der Waals surface area contributed by atoms with Crippen LogP contribution in [0.5, 0.6) is 0 Å². The third kappa shape index (κ3) is 17.1. The molecule has 0 bridgehead atoms. The summed E-state index contributed by atoms with van der Waals surface area (Å²) in [6.45, 7) is 7.78. The van der Waals surface area contributed by atoms with Crippen molar-refractivity contribution < 1.29 is 52.9 Å². The van der Waals surface area contributed by atoms with E-state index in [1.54, 1.807) is 66.8 Å². The molecule has 75 heavy (non-hydrogen) atoms. The van der Waals surface area contributed by atoms with Crippen molar-refractivity contribution in [3.05, 3.63) is 160 Å². The van der Waals surface area contributed by atoms with E-state index in [-0.39, 0.29) is 53.2 Å². The van der Waals surface area contributed by atoms with Crippen molar-refractivity contribution in [1.29, 1.82) is 0 Å². The monoisotopic (exact) mass is 1250 g/mol. The molecule has 0 amide bonds. The van der Waals surface area contributed by atoms with E-state index < -0.39 is 30.3 Å². The Balaban J connectivity index is 0.000000205. The normalized spacial score (nSPS) is 11.0. The molecule has 2 aliphatic carbocycles. The molecule has 0 unspecified atom stereocenters. The minimum atomic E-state index is -1.64. The first-order chi connectivity index (χ1) is 36.0.